The molecule has 1 atom stereocenters. The standard InChI is InChI=1S/C22H26F2N6O/c1-3-29-4-5-31-21(13-29)12-25-18-6-15(2)7-19(11-18)27-22-26-14-30(28-22)20-9-16(23)8-17(24)10-20/h6-11,14,21,25H,3-5,12-13H2,1-2H3,(H,27,28). The Hall–Kier alpha value is -3.04. The van der Waals surface area contributed by atoms with Gasteiger partial charge in [0, 0.05) is 37.1 Å². The van der Waals surface area contributed by atoms with Gasteiger partial charge in [0.1, 0.15) is 18.0 Å². The van der Waals surface area contributed by atoms with E-state index in [-0.39, 0.29) is 11.8 Å². The third-order valence-electron chi connectivity index (χ3n) is 5.14. The van der Waals surface area contributed by atoms with E-state index in [1.54, 1.807) is 0 Å². The first-order valence-electron chi connectivity index (χ1n) is 10.3. The molecule has 2 N–H and O–H groups in total. The molecule has 1 saturated heterocycles. The number of halogens is 2. The summed E-state index contributed by atoms with van der Waals surface area (Å²) in [5.41, 5.74) is 3.11. The maximum absolute atomic E-state index is 13.5. The maximum Gasteiger partial charge on any atom is 0.246 e. The van der Waals surface area contributed by atoms with Crippen LogP contribution in [-0.2, 0) is 4.74 Å². The van der Waals surface area contributed by atoms with Gasteiger partial charge in [-0.25, -0.2) is 13.5 Å². The van der Waals surface area contributed by atoms with Crippen LogP contribution in [0.4, 0.5) is 26.1 Å². The lowest BCUT2D eigenvalue weighted by molar-refractivity contribution is -0.0191. The van der Waals surface area contributed by atoms with E-state index in [2.05, 4.69) is 38.6 Å². The van der Waals surface area contributed by atoms with E-state index >= 15 is 0 Å². The summed E-state index contributed by atoms with van der Waals surface area (Å²) in [6, 6.07) is 9.22. The van der Waals surface area contributed by atoms with E-state index in [1.165, 1.54) is 23.1 Å². The molecule has 0 amide bonds. The maximum atomic E-state index is 13.5. The number of benzene rings is 2. The van der Waals surface area contributed by atoms with E-state index in [9.17, 15) is 8.78 Å². The topological polar surface area (TPSA) is 67.2 Å². The summed E-state index contributed by atoms with van der Waals surface area (Å²) in [6.45, 7) is 8.57. The number of rotatable bonds is 7. The SMILES string of the molecule is CCN1CCOC(CNc2cc(C)cc(Nc3ncn(-c4cc(F)cc(F)c4)n3)c2)C1. The molecule has 1 unspecified atom stereocenters. The molecule has 0 bridgehead atoms. The van der Waals surface area contributed by atoms with Crippen molar-refractivity contribution in [2.24, 2.45) is 0 Å². The molecule has 1 aromatic heterocycles. The molecule has 2 aromatic carbocycles. The minimum atomic E-state index is -0.668. The van der Waals surface area contributed by atoms with E-state index in [0.717, 1.165) is 55.8 Å². The van der Waals surface area contributed by atoms with Crippen molar-refractivity contribution in [2.45, 2.75) is 20.0 Å². The Kier molecular flexibility index (Phi) is 6.43. The fraction of sp³-hybridized carbons (Fsp3) is 0.364. The largest absolute Gasteiger partial charge is 0.382 e. The van der Waals surface area contributed by atoms with Gasteiger partial charge in [0.15, 0.2) is 0 Å². The van der Waals surface area contributed by atoms with Crippen molar-refractivity contribution in [1.82, 2.24) is 19.7 Å². The molecule has 31 heavy (non-hydrogen) atoms. The number of hydrogen-bond donors (Lipinski definition) is 2. The lowest BCUT2D eigenvalue weighted by atomic mass is 10.2. The fourth-order valence-electron chi connectivity index (χ4n) is 3.63. The molecule has 9 heteroatoms. The average molecular weight is 428 g/mol. The lowest BCUT2D eigenvalue weighted by Gasteiger charge is -2.32. The molecule has 2 heterocycles. The highest BCUT2D eigenvalue weighted by molar-refractivity contribution is 5.63. The van der Waals surface area contributed by atoms with Crippen LogP contribution in [0.25, 0.3) is 5.69 Å². The van der Waals surface area contributed by atoms with Crippen LogP contribution in [0.2, 0.25) is 0 Å². The van der Waals surface area contributed by atoms with Crippen molar-refractivity contribution in [3.05, 3.63) is 59.9 Å². The Morgan fingerprint density at radius 3 is 2.65 bits per heavy atom. The first-order chi connectivity index (χ1) is 15.0. The van der Waals surface area contributed by atoms with Crippen LogP contribution in [-0.4, -0.2) is 58.6 Å². The van der Waals surface area contributed by atoms with Gasteiger partial charge in [-0.05, 0) is 49.4 Å². The number of likely N-dealkylation sites (N-methyl/N-ethyl adjacent to an activating group) is 1. The quantitative estimate of drug-likeness (QED) is 0.598. The second-order valence-electron chi connectivity index (χ2n) is 7.62. The molecule has 3 aromatic rings. The van der Waals surface area contributed by atoms with Crippen LogP contribution in [0.5, 0.6) is 0 Å². The molecular weight excluding hydrogens is 402 g/mol. The van der Waals surface area contributed by atoms with Crippen LogP contribution in [0, 0.1) is 18.6 Å². The highest BCUT2D eigenvalue weighted by Crippen LogP contribution is 2.22. The Bertz CT molecular complexity index is 1020. The van der Waals surface area contributed by atoms with Crippen molar-refractivity contribution in [1.29, 1.82) is 0 Å². The Morgan fingerprint density at radius 2 is 1.87 bits per heavy atom. The Balaban J connectivity index is 1.42. The average Bonchev–Trinajstić information content (AvgIpc) is 3.20. The molecule has 1 aliphatic heterocycles. The third-order valence-corrected chi connectivity index (χ3v) is 5.14. The molecule has 0 saturated carbocycles. The fourth-order valence-corrected chi connectivity index (χ4v) is 3.63. The molecule has 164 valence electrons. The molecule has 4 rings (SSSR count). The zero-order valence-electron chi connectivity index (χ0n) is 17.6. The normalized spacial score (nSPS) is 17.0. The molecule has 1 aliphatic rings. The number of morpholine rings is 1. The minimum absolute atomic E-state index is 0.148. The van der Waals surface area contributed by atoms with E-state index in [4.69, 9.17) is 4.74 Å². The first kappa shape index (κ1) is 21.2. The lowest BCUT2D eigenvalue weighted by Crippen LogP contribution is -2.45. The van der Waals surface area contributed by atoms with Crippen LogP contribution in [0.1, 0.15) is 12.5 Å². The highest BCUT2D eigenvalue weighted by Gasteiger charge is 2.19. The van der Waals surface area contributed by atoms with Crippen LogP contribution in [0.15, 0.2) is 42.7 Å². The number of ether oxygens (including phenoxy) is 1. The second kappa shape index (κ2) is 9.40. The van der Waals surface area contributed by atoms with Crippen molar-refractivity contribution in [3.63, 3.8) is 0 Å². The summed E-state index contributed by atoms with van der Waals surface area (Å²) in [5, 5.41) is 10.9. The molecule has 1 fully saturated rings. The number of aromatic nitrogens is 3. The van der Waals surface area contributed by atoms with Gasteiger partial charge in [0.05, 0.1) is 18.4 Å². The summed E-state index contributed by atoms with van der Waals surface area (Å²) in [5.74, 6) is -1.01. The molecule has 0 aliphatic carbocycles. The predicted octanol–water partition coefficient (Wildman–Crippen LogP) is 3.73. The smallest absolute Gasteiger partial charge is 0.246 e. The highest BCUT2D eigenvalue weighted by atomic mass is 19.1. The molecule has 0 spiro atoms. The Morgan fingerprint density at radius 1 is 1.10 bits per heavy atom. The van der Waals surface area contributed by atoms with Gasteiger partial charge >= 0.3 is 0 Å². The molecular formula is C22H26F2N6O. The van der Waals surface area contributed by atoms with Crippen LogP contribution in [0.3, 0.4) is 0 Å². The number of hydrogen-bond acceptors (Lipinski definition) is 6. The van der Waals surface area contributed by atoms with Gasteiger partial charge in [0.2, 0.25) is 5.95 Å². The van der Waals surface area contributed by atoms with Crippen molar-refractivity contribution >= 4 is 17.3 Å². The van der Waals surface area contributed by atoms with E-state index in [1.807, 2.05) is 19.1 Å². The third kappa shape index (κ3) is 5.56. The van der Waals surface area contributed by atoms with Crippen molar-refractivity contribution < 1.29 is 13.5 Å². The van der Waals surface area contributed by atoms with Gasteiger partial charge in [-0.3, -0.25) is 4.90 Å². The zero-order valence-corrected chi connectivity index (χ0v) is 17.6. The molecule has 0 radical (unpaired) electrons. The van der Waals surface area contributed by atoms with Gasteiger partial charge in [-0.2, -0.15) is 4.98 Å². The van der Waals surface area contributed by atoms with E-state index < -0.39 is 11.6 Å². The minimum Gasteiger partial charge on any atom is -0.382 e. The molecule has 7 nitrogen and oxygen atoms in total. The van der Waals surface area contributed by atoms with Gasteiger partial charge < -0.3 is 15.4 Å². The van der Waals surface area contributed by atoms with Gasteiger partial charge in [-0.15, -0.1) is 5.10 Å². The number of nitrogens with zero attached hydrogens (tertiary/aromatic N) is 4. The zero-order chi connectivity index (χ0) is 21.8. The second-order valence-corrected chi connectivity index (χ2v) is 7.62. The Labute approximate surface area is 180 Å². The summed E-state index contributed by atoms with van der Waals surface area (Å²) in [6.07, 6.45) is 1.56. The predicted molar refractivity (Wildman–Crippen MR) is 116 cm³/mol. The van der Waals surface area contributed by atoms with Crippen molar-refractivity contribution in [2.75, 3.05) is 43.4 Å². The monoisotopic (exact) mass is 428 g/mol. The van der Waals surface area contributed by atoms with Crippen molar-refractivity contribution in [3.8, 4) is 5.69 Å². The van der Waals surface area contributed by atoms with Gasteiger partial charge in [-0.1, -0.05) is 6.92 Å². The summed E-state index contributed by atoms with van der Waals surface area (Å²) in [7, 11) is 0. The number of nitrogens with one attached hydrogen (secondary N) is 2. The summed E-state index contributed by atoms with van der Waals surface area (Å²) >= 11 is 0. The first-order valence-corrected chi connectivity index (χ1v) is 10.3. The summed E-state index contributed by atoms with van der Waals surface area (Å²) in [4.78, 5) is 6.57. The number of anilines is 3. The van der Waals surface area contributed by atoms with Crippen LogP contribution >= 0.6 is 0 Å². The van der Waals surface area contributed by atoms with Crippen LogP contribution < -0.4 is 10.6 Å². The summed E-state index contributed by atoms with van der Waals surface area (Å²) < 4.78 is 34.1. The van der Waals surface area contributed by atoms with Gasteiger partial charge in [0.25, 0.3) is 0 Å². The number of aryl methyl sites for hydroxylation is 1. The van der Waals surface area contributed by atoms with E-state index in [0.29, 0.717) is 5.95 Å².